The Morgan fingerprint density at radius 2 is 1.79 bits per heavy atom. The molecule has 5 heteroatoms. The zero-order valence-electron chi connectivity index (χ0n) is 13.6. The summed E-state index contributed by atoms with van der Waals surface area (Å²) in [4.78, 5) is 23.9. The molecule has 0 aromatic heterocycles. The minimum absolute atomic E-state index is 0.0669. The molecule has 4 bridgehead atoms. The Kier molecular flexibility index (Phi) is 3.74. The number of aliphatic carboxylic acids is 1. The van der Waals surface area contributed by atoms with Gasteiger partial charge in [0.2, 0.25) is 0 Å². The molecule has 1 amide bonds. The molecule has 0 spiro atoms. The van der Waals surface area contributed by atoms with Crippen LogP contribution in [-0.4, -0.2) is 23.2 Å². The first-order valence-corrected chi connectivity index (χ1v) is 8.76. The zero-order chi connectivity index (χ0) is 16.7. The van der Waals surface area contributed by atoms with Gasteiger partial charge in [-0.25, -0.2) is 4.79 Å². The molecule has 0 saturated heterocycles. The van der Waals surface area contributed by atoms with Gasteiger partial charge in [-0.15, -0.1) is 0 Å². The lowest BCUT2D eigenvalue weighted by atomic mass is 9.48. The monoisotopic (exact) mass is 329 g/mol. The molecule has 128 valence electrons. The molecule has 5 nitrogen and oxygen atoms in total. The number of benzene rings is 1. The van der Waals surface area contributed by atoms with Gasteiger partial charge in [-0.05, 0) is 55.4 Å². The predicted octanol–water partition coefficient (Wildman–Crippen LogP) is 3.19. The maximum absolute atomic E-state index is 12.2. The highest BCUT2D eigenvalue weighted by Crippen LogP contribution is 2.60. The maximum atomic E-state index is 12.2. The largest absolute Gasteiger partial charge is 0.481 e. The first-order valence-electron chi connectivity index (χ1n) is 8.76. The quantitative estimate of drug-likeness (QED) is 0.889. The van der Waals surface area contributed by atoms with Crippen LogP contribution in [-0.2, 0) is 16.1 Å². The van der Waals surface area contributed by atoms with Gasteiger partial charge in [0.05, 0.1) is 5.41 Å². The van der Waals surface area contributed by atoms with E-state index in [1.54, 1.807) is 0 Å². The van der Waals surface area contributed by atoms with E-state index in [1.807, 2.05) is 30.3 Å². The molecule has 0 aliphatic heterocycles. The Morgan fingerprint density at radius 3 is 2.42 bits per heavy atom. The van der Waals surface area contributed by atoms with Gasteiger partial charge in [0.1, 0.15) is 6.61 Å². The van der Waals surface area contributed by atoms with Crippen molar-refractivity contribution in [3.63, 3.8) is 0 Å². The third-order valence-electron chi connectivity index (χ3n) is 6.22. The van der Waals surface area contributed by atoms with Crippen LogP contribution < -0.4 is 5.32 Å². The minimum atomic E-state index is -0.646. The lowest BCUT2D eigenvalue weighted by molar-refractivity contribution is -0.167. The molecule has 5 rings (SSSR count). The molecular formula is C19H23NO4. The molecular weight excluding hydrogens is 306 g/mol. The first-order chi connectivity index (χ1) is 11.6. The van der Waals surface area contributed by atoms with Crippen LogP contribution in [0.3, 0.4) is 0 Å². The van der Waals surface area contributed by atoms with Crippen molar-refractivity contribution in [3.05, 3.63) is 35.9 Å². The van der Waals surface area contributed by atoms with Crippen LogP contribution in [0.5, 0.6) is 0 Å². The molecule has 1 aromatic carbocycles. The number of carbonyl (C=O) groups excluding carboxylic acids is 1. The van der Waals surface area contributed by atoms with Gasteiger partial charge in [0.25, 0.3) is 0 Å². The molecule has 1 unspecified atom stereocenters. The van der Waals surface area contributed by atoms with E-state index in [0.29, 0.717) is 18.8 Å². The molecule has 24 heavy (non-hydrogen) atoms. The zero-order valence-corrected chi connectivity index (χ0v) is 13.6. The van der Waals surface area contributed by atoms with Gasteiger partial charge < -0.3 is 15.2 Å². The van der Waals surface area contributed by atoms with E-state index in [9.17, 15) is 14.7 Å². The average Bonchev–Trinajstić information content (AvgIpc) is 2.56. The molecule has 2 N–H and O–H groups in total. The number of carboxylic acids is 1. The lowest BCUT2D eigenvalue weighted by Gasteiger charge is -2.58. The third-order valence-corrected chi connectivity index (χ3v) is 6.22. The predicted molar refractivity (Wildman–Crippen MR) is 87.2 cm³/mol. The minimum Gasteiger partial charge on any atom is -0.481 e. The normalized spacial score (nSPS) is 36.3. The number of carbonyl (C=O) groups is 2. The summed E-state index contributed by atoms with van der Waals surface area (Å²) >= 11 is 0. The standard InChI is InChI=1S/C19H23NO4/c21-17(22)19-8-13-6-14(9-19)16(15(7-13)10-19)20-18(23)24-11-12-4-2-1-3-5-12/h1-5,13-16H,6-11H2,(H,20,23)(H,21,22)/t13-,14-,15+,16?,19-. The number of nitrogens with one attached hydrogen (secondary N) is 1. The number of hydrogen-bond donors (Lipinski definition) is 2. The van der Waals surface area contributed by atoms with E-state index < -0.39 is 11.4 Å². The van der Waals surface area contributed by atoms with Crippen LogP contribution in [0.4, 0.5) is 4.79 Å². The lowest BCUT2D eigenvalue weighted by Crippen LogP contribution is -2.61. The van der Waals surface area contributed by atoms with E-state index in [1.165, 1.54) is 0 Å². The summed E-state index contributed by atoms with van der Waals surface area (Å²) in [5.41, 5.74) is 0.422. The topological polar surface area (TPSA) is 75.6 Å². The number of alkyl carbamates (subject to hydrolysis) is 1. The smallest absolute Gasteiger partial charge is 0.407 e. The van der Waals surface area contributed by atoms with Crippen LogP contribution >= 0.6 is 0 Å². The highest BCUT2D eigenvalue weighted by Gasteiger charge is 2.59. The van der Waals surface area contributed by atoms with E-state index in [0.717, 1.165) is 24.8 Å². The number of amides is 1. The van der Waals surface area contributed by atoms with E-state index in [2.05, 4.69) is 5.32 Å². The summed E-state index contributed by atoms with van der Waals surface area (Å²) in [5.74, 6) is 0.414. The number of hydrogen-bond acceptors (Lipinski definition) is 3. The molecule has 0 heterocycles. The van der Waals surface area contributed by atoms with Crippen molar-refractivity contribution in [2.45, 2.75) is 44.8 Å². The molecule has 4 aliphatic rings. The summed E-state index contributed by atoms with van der Waals surface area (Å²) < 4.78 is 5.34. The second-order valence-corrected chi connectivity index (χ2v) is 7.79. The number of ether oxygens (including phenoxy) is 1. The van der Waals surface area contributed by atoms with E-state index >= 15 is 0 Å². The highest BCUT2D eigenvalue weighted by molar-refractivity contribution is 5.75. The fraction of sp³-hybridized carbons (Fsp3) is 0.579. The average molecular weight is 329 g/mol. The van der Waals surface area contributed by atoms with Crippen molar-refractivity contribution in [2.75, 3.05) is 0 Å². The van der Waals surface area contributed by atoms with Crippen LogP contribution in [0.15, 0.2) is 30.3 Å². The van der Waals surface area contributed by atoms with Crippen molar-refractivity contribution in [3.8, 4) is 0 Å². The van der Waals surface area contributed by atoms with Gasteiger partial charge >= 0.3 is 12.1 Å². The van der Waals surface area contributed by atoms with Crippen LogP contribution in [0.1, 0.15) is 37.7 Å². The van der Waals surface area contributed by atoms with Crippen LogP contribution in [0.2, 0.25) is 0 Å². The second-order valence-electron chi connectivity index (χ2n) is 7.79. The summed E-state index contributed by atoms with van der Waals surface area (Å²) in [7, 11) is 0. The fourth-order valence-electron chi connectivity index (χ4n) is 5.42. The molecule has 4 aliphatic carbocycles. The molecule has 0 radical (unpaired) electrons. The van der Waals surface area contributed by atoms with Crippen molar-refractivity contribution >= 4 is 12.1 Å². The second kappa shape index (κ2) is 5.80. The van der Waals surface area contributed by atoms with Crippen molar-refractivity contribution in [1.29, 1.82) is 0 Å². The number of rotatable bonds is 4. The van der Waals surface area contributed by atoms with Crippen molar-refractivity contribution in [1.82, 2.24) is 5.32 Å². The Morgan fingerprint density at radius 1 is 1.12 bits per heavy atom. The first kappa shape index (κ1) is 15.5. The molecule has 4 saturated carbocycles. The molecule has 4 fully saturated rings. The molecule has 1 aromatic rings. The summed E-state index contributed by atoms with van der Waals surface area (Å²) in [6, 6.07) is 9.67. The summed E-state index contributed by atoms with van der Waals surface area (Å²) in [6.07, 6.45) is 3.89. The Balaban J connectivity index is 1.38. The Bertz CT molecular complexity index is 628. The van der Waals surface area contributed by atoms with Gasteiger partial charge in [-0.2, -0.15) is 0 Å². The third kappa shape index (κ3) is 2.66. The van der Waals surface area contributed by atoms with Gasteiger partial charge in [0, 0.05) is 6.04 Å². The fourth-order valence-corrected chi connectivity index (χ4v) is 5.42. The van der Waals surface area contributed by atoms with Crippen molar-refractivity contribution in [2.24, 2.45) is 23.2 Å². The summed E-state index contributed by atoms with van der Waals surface area (Å²) in [6.45, 7) is 0.260. The Labute approximate surface area is 141 Å². The van der Waals surface area contributed by atoms with Gasteiger partial charge in [-0.1, -0.05) is 30.3 Å². The molecule has 5 atom stereocenters. The van der Waals surface area contributed by atoms with Gasteiger partial charge in [-0.3, -0.25) is 4.79 Å². The maximum Gasteiger partial charge on any atom is 0.407 e. The van der Waals surface area contributed by atoms with Crippen LogP contribution in [0, 0.1) is 23.2 Å². The van der Waals surface area contributed by atoms with E-state index in [-0.39, 0.29) is 30.6 Å². The van der Waals surface area contributed by atoms with Crippen LogP contribution in [0.25, 0.3) is 0 Å². The van der Waals surface area contributed by atoms with E-state index in [4.69, 9.17) is 4.74 Å². The Hall–Kier alpha value is -2.04. The number of carboxylic acid groups (broad SMARTS) is 1. The highest BCUT2D eigenvalue weighted by atomic mass is 16.5. The van der Waals surface area contributed by atoms with Gasteiger partial charge in [0.15, 0.2) is 0 Å². The summed E-state index contributed by atoms with van der Waals surface area (Å²) in [5, 5.41) is 12.7. The van der Waals surface area contributed by atoms with Crippen molar-refractivity contribution < 1.29 is 19.4 Å². The SMILES string of the molecule is O=C(NC1[C@@H]2C[C@@H]3C[C@H]1C[C@@](C(=O)O)(C3)C2)OCc1ccccc1.